The summed E-state index contributed by atoms with van der Waals surface area (Å²) in [4.78, 5) is 0. The van der Waals surface area contributed by atoms with Crippen molar-refractivity contribution in [1.29, 1.82) is 0 Å². The lowest BCUT2D eigenvalue weighted by Crippen LogP contribution is -2.29. The van der Waals surface area contributed by atoms with Crippen LogP contribution < -0.4 is 5.32 Å². The standard InChI is InChI=1S/C17H27NO/c1-3-16(15-6-4-5-7-17(15)19)18-12-14-10-8-13(2)9-11-14/h4-7,13-14,16,18-19H,3,8-12H2,1-2H3. The van der Waals surface area contributed by atoms with Crippen LogP contribution in [0.1, 0.15) is 57.6 Å². The number of nitrogens with one attached hydrogen (secondary N) is 1. The molecule has 1 aliphatic carbocycles. The molecule has 2 N–H and O–H groups in total. The van der Waals surface area contributed by atoms with Gasteiger partial charge in [0.15, 0.2) is 0 Å². The Hall–Kier alpha value is -1.02. The van der Waals surface area contributed by atoms with Gasteiger partial charge in [0.1, 0.15) is 5.75 Å². The number of para-hydroxylation sites is 1. The molecule has 2 heteroatoms. The maximum Gasteiger partial charge on any atom is 0.120 e. The van der Waals surface area contributed by atoms with Crippen LogP contribution in [0.4, 0.5) is 0 Å². The van der Waals surface area contributed by atoms with Crippen molar-refractivity contribution in [3.05, 3.63) is 29.8 Å². The van der Waals surface area contributed by atoms with Crippen LogP contribution in [-0.2, 0) is 0 Å². The van der Waals surface area contributed by atoms with Gasteiger partial charge in [-0.1, -0.05) is 44.9 Å². The lowest BCUT2D eigenvalue weighted by atomic mass is 9.83. The third-order valence-electron chi connectivity index (χ3n) is 4.51. The predicted molar refractivity (Wildman–Crippen MR) is 80.3 cm³/mol. The molecule has 1 unspecified atom stereocenters. The Morgan fingerprint density at radius 2 is 1.89 bits per heavy atom. The van der Waals surface area contributed by atoms with E-state index in [0.29, 0.717) is 5.75 Å². The Bertz CT molecular complexity index is 383. The first-order valence-corrected chi connectivity index (χ1v) is 7.72. The van der Waals surface area contributed by atoms with E-state index in [1.54, 1.807) is 6.07 Å². The van der Waals surface area contributed by atoms with E-state index in [9.17, 15) is 5.11 Å². The summed E-state index contributed by atoms with van der Waals surface area (Å²) in [5.74, 6) is 2.15. The number of phenolic OH excluding ortho intramolecular Hbond substituents is 1. The van der Waals surface area contributed by atoms with Crippen molar-refractivity contribution in [2.75, 3.05) is 6.54 Å². The van der Waals surface area contributed by atoms with Gasteiger partial charge in [-0.2, -0.15) is 0 Å². The summed E-state index contributed by atoms with van der Waals surface area (Å²) in [6.07, 6.45) is 6.47. The molecule has 0 bridgehead atoms. The van der Waals surface area contributed by atoms with Crippen LogP contribution in [0.3, 0.4) is 0 Å². The zero-order chi connectivity index (χ0) is 13.7. The molecule has 0 radical (unpaired) electrons. The molecule has 0 saturated heterocycles. The smallest absolute Gasteiger partial charge is 0.120 e. The van der Waals surface area contributed by atoms with Crippen molar-refractivity contribution >= 4 is 0 Å². The highest BCUT2D eigenvalue weighted by Gasteiger charge is 2.20. The van der Waals surface area contributed by atoms with Crippen LogP contribution in [0.5, 0.6) is 5.75 Å². The zero-order valence-electron chi connectivity index (χ0n) is 12.2. The van der Waals surface area contributed by atoms with Gasteiger partial charge in [0.25, 0.3) is 0 Å². The summed E-state index contributed by atoms with van der Waals surface area (Å²) in [5.41, 5.74) is 1.04. The van der Waals surface area contributed by atoms with Crippen LogP contribution in [0.2, 0.25) is 0 Å². The summed E-state index contributed by atoms with van der Waals surface area (Å²) in [7, 11) is 0. The van der Waals surface area contributed by atoms with Gasteiger partial charge in [0, 0.05) is 11.6 Å². The van der Waals surface area contributed by atoms with E-state index in [1.165, 1.54) is 25.7 Å². The molecule has 0 heterocycles. The summed E-state index contributed by atoms with van der Waals surface area (Å²) >= 11 is 0. The van der Waals surface area contributed by atoms with Crippen molar-refractivity contribution in [1.82, 2.24) is 5.32 Å². The normalized spacial score (nSPS) is 25.2. The SMILES string of the molecule is CCC(NCC1CCC(C)CC1)c1ccccc1O. The molecule has 0 spiro atoms. The second-order valence-electron chi connectivity index (χ2n) is 6.05. The number of benzene rings is 1. The average molecular weight is 261 g/mol. The highest BCUT2D eigenvalue weighted by molar-refractivity contribution is 5.34. The van der Waals surface area contributed by atoms with E-state index in [1.807, 2.05) is 18.2 Å². The Kier molecular flexibility index (Phi) is 5.26. The number of rotatable bonds is 5. The van der Waals surface area contributed by atoms with Crippen LogP contribution in [0.15, 0.2) is 24.3 Å². The summed E-state index contributed by atoms with van der Waals surface area (Å²) in [6, 6.07) is 7.97. The van der Waals surface area contributed by atoms with Crippen LogP contribution in [0, 0.1) is 11.8 Å². The molecule has 2 nitrogen and oxygen atoms in total. The van der Waals surface area contributed by atoms with Gasteiger partial charge in [-0.05, 0) is 43.7 Å². The van der Waals surface area contributed by atoms with Crippen molar-refractivity contribution in [3.63, 3.8) is 0 Å². The summed E-state index contributed by atoms with van der Waals surface area (Å²) in [5, 5.41) is 13.6. The molecule has 0 aromatic heterocycles. The number of hydrogen-bond acceptors (Lipinski definition) is 2. The van der Waals surface area contributed by atoms with Crippen molar-refractivity contribution < 1.29 is 5.11 Å². The Morgan fingerprint density at radius 3 is 2.53 bits per heavy atom. The van der Waals surface area contributed by atoms with Crippen molar-refractivity contribution in [2.24, 2.45) is 11.8 Å². The van der Waals surface area contributed by atoms with E-state index < -0.39 is 0 Å². The molecular weight excluding hydrogens is 234 g/mol. The number of hydrogen-bond donors (Lipinski definition) is 2. The maximum absolute atomic E-state index is 9.94. The van der Waals surface area contributed by atoms with Gasteiger partial charge < -0.3 is 10.4 Å². The van der Waals surface area contributed by atoms with Gasteiger partial charge in [0.2, 0.25) is 0 Å². The Labute approximate surface area is 117 Å². The average Bonchev–Trinajstić information content (AvgIpc) is 2.43. The second kappa shape index (κ2) is 6.95. The van der Waals surface area contributed by atoms with Crippen molar-refractivity contribution in [2.45, 2.75) is 52.0 Å². The minimum atomic E-state index is 0.278. The minimum Gasteiger partial charge on any atom is -0.508 e. The summed E-state index contributed by atoms with van der Waals surface area (Å²) < 4.78 is 0. The van der Waals surface area contributed by atoms with Gasteiger partial charge >= 0.3 is 0 Å². The molecule has 0 amide bonds. The van der Waals surface area contributed by atoms with E-state index >= 15 is 0 Å². The Balaban J connectivity index is 1.88. The largest absolute Gasteiger partial charge is 0.508 e. The van der Waals surface area contributed by atoms with Crippen LogP contribution in [0.25, 0.3) is 0 Å². The topological polar surface area (TPSA) is 32.3 Å². The number of aromatic hydroxyl groups is 1. The van der Waals surface area contributed by atoms with E-state index in [0.717, 1.165) is 30.4 Å². The molecule has 19 heavy (non-hydrogen) atoms. The van der Waals surface area contributed by atoms with Crippen LogP contribution >= 0.6 is 0 Å². The molecule has 0 aliphatic heterocycles. The minimum absolute atomic E-state index is 0.278. The van der Waals surface area contributed by atoms with E-state index in [-0.39, 0.29) is 6.04 Å². The highest BCUT2D eigenvalue weighted by atomic mass is 16.3. The lowest BCUT2D eigenvalue weighted by Gasteiger charge is -2.28. The third kappa shape index (κ3) is 3.97. The van der Waals surface area contributed by atoms with Gasteiger partial charge in [0.05, 0.1) is 0 Å². The second-order valence-corrected chi connectivity index (χ2v) is 6.05. The van der Waals surface area contributed by atoms with Gasteiger partial charge in [-0.15, -0.1) is 0 Å². The maximum atomic E-state index is 9.94. The zero-order valence-corrected chi connectivity index (χ0v) is 12.2. The van der Waals surface area contributed by atoms with Gasteiger partial charge in [-0.25, -0.2) is 0 Å². The fourth-order valence-electron chi connectivity index (χ4n) is 3.10. The predicted octanol–water partition coefficient (Wildman–Crippen LogP) is 4.26. The molecule has 1 aromatic rings. The highest BCUT2D eigenvalue weighted by Crippen LogP contribution is 2.30. The van der Waals surface area contributed by atoms with E-state index in [2.05, 4.69) is 19.2 Å². The molecule has 1 aromatic carbocycles. The molecule has 1 aliphatic rings. The van der Waals surface area contributed by atoms with Crippen molar-refractivity contribution in [3.8, 4) is 5.75 Å². The molecule has 1 atom stereocenters. The molecule has 2 rings (SSSR count). The quantitative estimate of drug-likeness (QED) is 0.830. The van der Waals surface area contributed by atoms with E-state index in [4.69, 9.17) is 0 Å². The van der Waals surface area contributed by atoms with Gasteiger partial charge in [-0.3, -0.25) is 0 Å². The molecule has 1 saturated carbocycles. The first-order valence-electron chi connectivity index (χ1n) is 7.72. The van der Waals surface area contributed by atoms with Crippen LogP contribution in [-0.4, -0.2) is 11.7 Å². The first kappa shape index (κ1) is 14.4. The summed E-state index contributed by atoms with van der Waals surface area (Å²) in [6.45, 7) is 5.62. The number of phenols is 1. The fraction of sp³-hybridized carbons (Fsp3) is 0.647. The molecular formula is C17H27NO. The molecule has 1 fully saturated rings. The molecule has 106 valence electrons. The fourth-order valence-corrected chi connectivity index (χ4v) is 3.10. The first-order chi connectivity index (χ1) is 9.20. The monoisotopic (exact) mass is 261 g/mol. The lowest BCUT2D eigenvalue weighted by molar-refractivity contribution is 0.272. The third-order valence-corrected chi connectivity index (χ3v) is 4.51. The Morgan fingerprint density at radius 1 is 1.21 bits per heavy atom.